The fourth-order valence-electron chi connectivity index (χ4n) is 4.52. The molecule has 0 atom stereocenters. The van der Waals surface area contributed by atoms with Gasteiger partial charge >= 0.3 is 0 Å². The maximum Gasteiger partial charge on any atom is 0.255 e. The molecule has 0 bridgehead atoms. The minimum Gasteiger partial charge on any atom is -0.494 e. The maximum absolute atomic E-state index is 13.0. The molecule has 0 spiro atoms. The second-order valence-electron chi connectivity index (χ2n) is 9.95. The topological polar surface area (TPSA) is 99.0 Å². The Kier molecular flexibility index (Phi) is 8.71. The van der Waals surface area contributed by atoms with E-state index < -0.39 is 6.61 Å². The van der Waals surface area contributed by atoms with Gasteiger partial charge in [0.05, 0.1) is 36.5 Å². The van der Waals surface area contributed by atoms with Gasteiger partial charge in [0, 0.05) is 74.7 Å². The van der Waals surface area contributed by atoms with Crippen LogP contribution in [-0.2, 0) is 11.8 Å². The van der Waals surface area contributed by atoms with Gasteiger partial charge < -0.3 is 34.4 Å². The molecular formula is C30H37N7O3. The van der Waals surface area contributed by atoms with Crippen molar-refractivity contribution in [2.45, 2.75) is 0 Å². The van der Waals surface area contributed by atoms with Crippen LogP contribution in [0.2, 0.25) is 0 Å². The van der Waals surface area contributed by atoms with E-state index in [2.05, 4.69) is 49.6 Å². The van der Waals surface area contributed by atoms with Crippen molar-refractivity contribution < 1.29 is 14.6 Å². The second-order valence-corrected chi connectivity index (χ2v) is 9.95. The third-order valence-corrected chi connectivity index (χ3v) is 6.82. The Balaban J connectivity index is 1.75. The van der Waals surface area contributed by atoms with Gasteiger partial charge in [0.25, 0.3) is 5.91 Å². The molecule has 4 rings (SSSR count). The third kappa shape index (κ3) is 5.93. The molecule has 2 N–H and O–H groups in total. The number of rotatable bonds is 11. The lowest BCUT2D eigenvalue weighted by Gasteiger charge is -2.29. The lowest BCUT2D eigenvalue weighted by Crippen LogP contribution is -2.33. The molecule has 2 aromatic carbocycles. The van der Waals surface area contributed by atoms with E-state index in [1.165, 1.54) is 4.90 Å². The normalized spacial score (nSPS) is 11.1. The first-order valence-electron chi connectivity index (χ1n) is 12.9. The number of fused-ring (bicyclic) bond motifs is 1. The van der Waals surface area contributed by atoms with Crippen LogP contribution in [0.15, 0.2) is 67.0 Å². The van der Waals surface area contributed by atoms with Crippen LogP contribution in [-0.4, -0.2) is 85.4 Å². The number of benzene rings is 2. The van der Waals surface area contributed by atoms with Gasteiger partial charge in [0.15, 0.2) is 0 Å². The molecule has 210 valence electrons. The fourth-order valence-corrected chi connectivity index (χ4v) is 4.52. The Morgan fingerprint density at radius 3 is 2.55 bits per heavy atom. The number of carbonyl (C=O) groups is 1. The molecule has 0 saturated heterocycles. The number of aliphatic hydroxyl groups is 1. The van der Waals surface area contributed by atoms with Gasteiger partial charge in [-0.1, -0.05) is 24.8 Å². The summed E-state index contributed by atoms with van der Waals surface area (Å²) in [5, 5.41) is 13.9. The fraction of sp³-hybridized carbons (Fsp3) is 0.300. The first-order valence-corrected chi connectivity index (χ1v) is 12.9. The van der Waals surface area contributed by atoms with E-state index in [4.69, 9.17) is 9.72 Å². The lowest BCUT2D eigenvalue weighted by molar-refractivity contribution is -0.115. The molecule has 0 aliphatic heterocycles. The number of aryl methyl sites for hydroxylation is 1. The third-order valence-electron chi connectivity index (χ3n) is 6.82. The highest BCUT2D eigenvalue weighted by Gasteiger charge is 2.22. The van der Waals surface area contributed by atoms with Crippen LogP contribution >= 0.6 is 0 Å². The summed E-state index contributed by atoms with van der Waals surface area (Å²) < 4.78 is 7.83. The quantitative estimate of drug-likeness (QED) is 0.275. The number of aliphatic hydroxyl groups excluding tert-OH is 1. The number of nitrogens with one attached hydrogen (secondary N) is 1. The maximum atomic E-state index is 13.0. The van der Waals surface area contributed by atoms with Crippen molar-refractivity contribution in [2.24, 2.45) is 7.05 Å². The number of amides is 1. The molecule has 40 heavy (non-hydrogen) atoms. The number of carbonyl (C=O) groups excluding carboxylic acids is 1. The molecule has 2 heterocycles. The molecular weight excluding hydrogens is 506 g/mol. The Morgan fingerprint density at radius 1 is 1.10 bits per heavy atom. The van der Waals surface area contributed by atoms with E-state index in [-0.39, 0.29) is 11.5 Å². The molecule has 0 fully saturated rings. The van der Waals surface area contributed by atoms with Crippen LogP contribution in [0, 0.1) is 0 Å². The summed E-state index contributed by atoms with van der Waals surface area (Å²) in [6.45, 7) is 4.82. The van der Waals surface area contributed by atoms with Gasteiger partial charge in [-0.2, -0.15) is 0 Å². The monoisotopic (exact) mass is 543 g/mol. The molecule has 0 aliphatic carbocycles. The van der Waals surface area contributed by atoms with Crippen LogP contribution in [0.4, 0.5) is 23.0 Å². The van der Waals surface area contributed by atoms with Crippen molar-refractivity contribution >= 4 is 39.8 Å². The minimum atomic E-state index is -0.426. The van der Waals surface area contributed by atoms with Crippen LogP contribution in [0.25, 0.3) is 22.2 Å². The summed E-state index contributed by atoms with van der Waals surface area (Å²) in [4.78, 5) is 27.9. The van der Waals surface area contributed by atoms with Crippen molar-refractivity contribution in [1.82, 2.24) is 19.4 Å². The van der Waals surface area contributed by atoms with Crippen LogP contribution < -0.4 is 19.9 Å². The summed E-state index contributed by atoms with van der Waals surface area (Å²) >= 11 is 0. The minimum absolute atomic E-state index is 0.0980. The highest BCUT2D eigenvalue weighted by molar-refractivity contribution is 6.07. The van der Waals surface area contributed by atoms with E-state index >= 15 is 0 Å². The molecule has 10 heteroatoms. The zero-order valence-corrected chi connectivity index (χ0v) is 24.0. The van der Waals surface area contributed by atoms with Crippen LogP contribution in [0.3, 0.4) is 0 Å². The number of hydrogen-bond donors (Lipinski definition) is 2. The summed E-state index contributed by atoms with van der Waals surface area (Å²) in [5.41, 5.74) is 4.99. The summed E-state index contributed by atoms with van der Waals surface area (Å²) in [7, 11) is 11.3. The predicted molar refractivity (Wildman–Crippen MR) is 162 cm³/mol. The van der Waals surface area contributed by atoms with Crippen LogP contribution in [0.5, 0.6) is 5.75 Å². The molecule has 0 radical (unpaired) electrons. The number of aromatic nitrogens is 3. The SMILES string of the molecule is C=C(CO)C(=O)N(C)c1cc(Nc2nccc(-c3cn(C)c4ccccc34)n2)c(OC)cc1N(C)CCN(C)C. The highest BCUT2D eigenvalue weighted by atomic mass is 16.5. The Labute approximate surface area is 235 Å². The average molecular weight is 544 g/mol. The zero-order valence-electron chi connectivity index (χ0n) is 24.0. The second kappa shape index (κ2) is 12.2. The van der Waals surface area contributed by atoms with Crippen molar-refractivity contribution in [3.05, 3.63) is 67.0 Å². The molecule has 4 aromatic rings. The van der Waals surface area contributed by atoms with E-state index in [1.54, 1.807) is 20.4 Å². The predicted octanol–water partition coefficient (Wildman–Crippen LogP) is 3.90. The number of hydrogen-bond acceptors (Lipinski definition) is 8. The number of nitrogens with zero attached hydrogens (tertiary/aromatic N) is 6. The highest BCUT2D eigenvalue weighted by Crippen LogP contribution is 2.40. The zero-order chi connectivity index (χ0) is 29.0. The van der Waals surface area contributed by atoms with E-state index in [0.29, 0.717) is 23.1 Å². The van der Waals surface area contributed by atoms with E-state index in [0.717, 1.165) is 40.9 Å². The Hall–Kier alpha value is -4.41. The standard InChI is InChI=1S/C30H37N7O3/c1-20(19-38)29(39)37(6)27-16-24(28(40-7)17-26(27)35(4)15-14-34(2)3)33-30-31-13-12-23(32-30)22-18-36(5)25-11-9-8-10-21(22)25/h8-13,16-18,38H,1,14-15,19H2,2-7H3,(H,31,32,33). The van der Waals surface area contributed by atoms with Gasteiger partial charge in [-0.25, -0.2) is 9.97 Å². The Morgan fingerprint density at radius 2 is 1.85 bits per heavy atom. The van der Waals surface area contributed by atoms with Gasteiger partial charge in [-0.3, -0.25) is 4.79 Å². The van der Waals surface area contributed by atoms with Gasteiger partial charge in [0.1, 0.15) is 5.75 Å². The number of ether oxygens (including phenoxy) is 1. The van der Waals surface area contributed by atoms with Crippen LogP contribution in [0.1, 0.15) is 0 Å². The molecule has 1 amide bonds. The van der Waals surface area contributed by atoms with Gasteiger partial charge in [-0.15, -0.1) is 0 Å². The molecule has 10 nitrogen and oxygen atoms in total. The largest absolute Gasteiger partial charge is 0.494 e. The summed E-state index contributed by atoms with van der Waals surface area (Å²) in [5.74, 6) is 0.573. The van der Waals surface area contributed by atoms with Crippen molar-refractivity contribution in [3.63, 3.8) is 0 Å². The van der Waals surface area contributed by atoms with Crippen molar-refractivity contribution in [1.29, 1.82) is 0 Å². The van der Waals surface area contributed by atoms with E-state index in [1.807, 2.05) is 58.5 Å². The summed E-state index contributed by atoms with van der Waals surface area (Å²) in [6.07, 6.45) is 3.77. The molecule has 2 aromatic heterocycles. The van der Waals surface area contributed by atoms with E-state index in [9.17, 15) is 9.90 Å². The van der Waals surface area contributed by atoms with Crippen molar-refractivity contribution in [3.8, 4) is 17.0 Å². The first-order chi connectivity index (χ1) is 19.1. The van der Waals surface area contributed by atoms with Gasteiger partial charge in [0.2, 0.25) is 5.95 Å². The lowest BCUT2D eigenvalue weighted by atomic mass is 10.1. The van der Waals surface area contributed by atoms with Gasteiger partial charge in [-0.05, 0) is 32.3 Å². The first kappa shape index (κ1) is 28.6. The number of methoxy groups -OCH3 is 1. The Bertz CT molecular complexity index is 1530. The van der Waals surface area contributed by atoms with Crippen molar-refractivity contribution in [2.75, 3.05) is 70.1 Å². The molecule has 0 aliphatic rings. The molecule has 0 saturated carbocycles. The summed E-state index contributed by atoms with van der Waals surface area (Å²) in [6, 6.07) is 13.8. The number of anilines is 4. The molecule has 0 unspecified atom stereocenters. The average Bonchev–Trinajstić information content (AvgIpc) is 3.31. The number of likely N-dealkylation sites (N-methyl/N-ethyl adjacent to an activating group) is 3. The number of para-hydroxylation sites is 1. The smallest absolute Gasteiger partial charge is 0.255 e.